The molecule has 2 aromatic rings. The zero-order valence-electron chi connectivity index (χ0n) is 14.7. The number of thiocarbonyl (C=S) groups is 1. The molecular weight excluding hydrogens is 440 g/mol. The predicted molar refractivity (Wildman–Crippen MR) is 109 cm³/mol. The van der Waals surface area contributed by atoms with E-state index in [1.165, 1.54) is 47.5 Å². The normalized spacial score (nSPS) is 17.8. The van der Waals surface area contributed by atoms with Crippen LogP contribution in [-0.4, -0.2) is 42.7 Å². The molecule has 0 saturated carbocycles. The molecule has 1 unspecified atom stereocenters. The van der Waals surface area contributed by atoms with E-state index in [-0.39, 0.29) is 20.5 Å². The van der Waals surface area contributed by atoms with Crippen molar-refractivity contribution in [1.82, 2.24) is 0 Å². The summed E-state index contributed by atoms with van der Waals surface area (Å²) >= 11 is 5.37. The summed E-state index contributed by atoms with van der Waals surface area (Å²) in [6.45, 7) is 1.65. The number of nitrogens with zero attached hydrogens (tertiary/aromatic N) is 4. The number of azo groups is 1. The first-order valence-electron chi connectivity index (χ1n) is 7.92. The molecule has 0 aliphatic carbocycles. The van der Waals surface area contributed by atoms with Gasteiger partial charge in [-0.05, 0) is 43.3 Å². The van der Waals surface area contributed by atoms with Crippen LogP contribution in [-0.2, 0) is 20.2 Å². The predicted octanol–water partition coefficient (Wildman–Crippen LogP) is 2.86. The van der Waals surface area contributed by atoms with E-state index >= 15 is 0 Å². The Balaban J connectivity index is 1.87. The molecular formula is C16H14N4O6S3. The second-order valence-electron chi connectivity index (χ2n) is 5.92. The molecule has 13 heteroatoms. The van der Waals surface area contributed by atoms with Gasteiger partial charge in [-0.25, -0.2) is 5.01 Å². The van der Waals surface area contributed by atoms with Crippen molar-refractivity contribution in [3.8, 4) is 0 Å². The van der Waals surface area contributed by atoms with Crippen LogP contribution in [0.4, 0.5) is 11.4 Å². The van der Waals surface area contributed by atoms with Gasteiger partial charge in [0.15, 0.2) is 6.04 Å². The molecule has 2 aromatic carbocycles. The van der Waals surface area contributed by atoms with Gasteiger partial charge in [0, 0.05) is 0 Å². The third-order valence-electron chi connectivity index (χ3n) is 3.90. The lowest BCUT2D eigenvalue weighted by atomic mass is 10.2. The lowest BCUT2D eigenvalue weighted by molar-refractivity contribution is 0.481. The Morgan fingerprint density at radius 3 is 2.21 bits per heavy atom. The van der Waals surface area contributed by atoms with Crippen molar-refractivity contribution in [2.75, 3.05) is 5.01 Å². The highest BCUT2D eigenvalue weighted by atomic mass is 32.2. The van der Waals surface area contributed by atoms with E-state index in [4.69, 9.17) is 16.8 Å². The summed E-state index contributed by atoms with van der Waals surface area (Å²) in [5, 5.41) is 13.6. The smallest absolute Gasteiger partial charge is 0.282 e. The van der Waals surface area contributed by atoms with Gasteiger partial charge in [-0.3, -0.25) is 9.11 Å². The molecule has 1 aliphatic rings. The van der Waals surface area contributed by atoms with E-state index in [1.807, 2.05) is 0 Å². The molecule has 0 radical (unpaired) electrons. The second kappa shape index (κ2) is 7.68. The Hall–Kier alpha value is -2.58. The highest BCUT2D eigenvalue weighted by Gasteiger charge is 2.31. The Morgan fingerprint density at radius 2 is 1.62 bits per heavy atom. The molecule has 3 rings (SSSR count). The van der Waals surface area contributed by atoms with Crippen molar-refractivity contribution in [2.45, 2.75) is 22.8 Å². The number of rotatable bonds is 5. The van der Waals surface area contributed by atoms with Crippen LogP contribution >= 0.6 is 12.2 Å². The van der Waals surface area contributed by atoms with Gasteiger partial charge in [0.25, 0.3) is 20.2 Å². The molecule has 10 nitrogen and oxygen atoms in total. The topological polar surface area (TPSA) is 149 Å². The summed E-state index contributed by atoms with van der Waals surface area (Å²) in [6, 6.07) is 10.0. The van der Waals surface area contributed by atoms with Crippen LogP contribution in [0.2, 0.25) is 0 Å². The van der Waals surface area contributed by atoms with Crippen molar-refractivity contribution in [2.24, 2.45) is 15.3 Å². The van der Waals surface area contributed by atoms with Crippen molar-refractivity contribution in [3.63, 3.8) is 0 Å². The van der Waals surface area contributed by atoms with Crippen molar-refractivity contribution >= 4 is 54.5 Å². The Bertz CT molecular complexity index is 1240. The van der Waals surface area contributed by atoms with Crippen LogP contribution in [0, 0.1) is 0 Å². The van der Waals surface area contributed by atoms with Crippen molar-refractivity contribution < 1.29 is 25.9 Å². The maximum atomic E-state index is 11.4. The van der Waals surface area contributed by atoms with Crippen LogP contribution in [0.1, 0.15) is 6.92 Å². The molecule has 0 aromatic heterocycles. The summed E-state index contributed by atoms with van der Waals surface area (Å²) in [7, 11) is -8.80. The van der Waals surface area contributed by atoms with Gasteiger partial charge in [-0.15, -0.1) is 0 Å². The van der Waals surface area contributed by atoms with Gasteiger partial charge in [-0.1, -0.05) is 24.4 Å². The maximum absolute atomic E-state index is 11.4. The largest absolute Gasteiger partial charge is 0.296 e. The SMILES string of the molecule is CC1=NN(c2ccc(S(=O)(=O)O)cc2)C(=S)C1N=Nc1ccccc1S(=O)(=O)O. The van der Waals surface area contributed by atoms with E-state index in [9.17, 15) is 21.4 Å². The summed E-state index contributed by atoms with van der Waals surface area (Å²) in [4.78, 5) is -0.430. The molecule has 0 amide bonds. The zero-order valence-corrected chi connectivity index (χ0v) is 17.2. The molecule has 152 valence electrons. The van der Waals surface area contributed by atoms with Gasteiger partial charge >= 0.3 is 0 Å². The fourth-order valence-electron chi connectivity index (χ4n) is 2.51. The molecule has 0 saturated heterocycles. The highest BCUT2D eigenvalue weighted by Crippen LogP contribution is 2.28. The minimum atomic E-state index is -4.47. The van der Waals surface area contributed by atoms with E-state index in [0.717, 1.165) is 0 Å². The average Bonchev–Trinajstić information content (AvgIpc) is 2.93. The molecule has 1 aliphatic heterocycles. The van der Waals surface area contributed by atoms with Gasteiger partial charge in [0.2, 0.25) is 0 Å². The monoisotopic (exact) mass is 454 g/mol. The van der Waals surface area contributed by atoms with E-state index in [2.05, 4.69) is 15.3 Å². The summed E-state index contributed by atoms with van der Waals surface area (Å²) in [5.41, 5.74) is 0.862. The lowest BCUT2D eigenvalue weighted by Crippen LogP contribution is -2.27. The number of hydrogen-bond acceptors (Lipinski definition) is 8. The number of benzene rings is 2. The quantitative estimate of drug-likeness (QED) is 0.398. The first-order chi connectivity index (χ1) is 13.5. The van der Waals surface area contributed by atoms with Gasteiger partial charge in [0.1, 0.15) is 15.6 Å². The zero-order chi connectivity index (χ0) is 21.4. The third-order valence-corrected chi connectivity index (χ3v) is 6.06. The van der Waals surface area contributed by atoms with Crippen LogP contribution in [0.15, 0.2) is 73.7 Å². The van der Waals surface area contributed by atoms with Gasteiger partial charge in [-0.2, -0.15) is 32.2 Å². The van der Waals surface area contributed by atoms with Crippen LogP contribution in [0.25, 0.3) is 0 Å². The summed E-state index contributed by atoms with van der Waals surface area (Å²) in [6.07, 6.45) is 0. The standard InChI is InChI=1S/C16H14N4O6S3/c1-10-15(18-17-13-4-2-3-5-14(13)29(24,25)26)16(27)20(19-10)11-6-8-12(9-7-11)28(21,22)23/h2-9,15H,1H3,(H,21,22,23)(H,24,25,26). The molecule has 0 fully saturated rings. The molecule has 29 heavy (non-hydrogen) atoms. The Morgan fingerprint density at radius 1 is 1.00 bits per heavy atom. The number of hydrogen-bond donors (Lipinski definition) is 2. The molecule has 0 bridgehead atoms. The Labute approximate surface area is 172 Å². The first-order valence-corrected chi connectivity index (χ1v) is 11.2. The van der Waals surface area contributed by atoms with E-state index in [1.54, 1.807) is 13.0 Å². The fraction of sp³-hybridized carbons (Fsp3) is 0.125. The number of anilines is 1. The first kappa shape index (κ1) is 21.1. The summed E-state index contributed by atoms with van der Waals surface area (Å²) < 4.78 is 63.5. The van der Waals surface area contributed by atoms with Crippen LogP contribution in [0.5, 0.6) is 0 Å². The van der Waals surface area contributed by atoms with E-state index < -0.39 is 26.3 Å². The highest BCUT2D eigenvalue weighted by molar-refractivity contribution is 7.86. The maximum Gasteiger partial charge on any atom is 0.296 e. The van der Waals surface area contributed by atoms with E-state index in [0.29, 0.717) is 11.4 Å². The van der Waals surface area contributed by atoms with Crippen LogP contribution in [0.3, 0.4) is 0 Å². The Kier molecular flexibility index (Phi) is 5.60. The molecule has 1 atom stereocenters. The minimum absolute atomic E-state index is 0.0541. The fourth-order valence-corrected chi connectivity index (χ4v) is 3.98. The number of hydrazone groups is 1. The van der Waals surface area contributed by atoms with Crippen LogP contribution < -0.4 is 5.01 Å². The van der Waals surface area contributed by atoms with Gasteiger partial charge < -0.3 is 0 Å². The van der Waals surface area contributed by atoms with Crippen molar-refractivity contribution in [3.05, 3.63) is 48.5 Å². The average molecular weight is 455 g/mol. The minimum Gasteiger partial charge on any atom is -0.282 e. The second-order valence-corrected chi connectivity index (χ2v) is 9.15. The molecule has 1 heterocycles. The van der Waals surface area contributed by atoms with Gasteiger partial charge in [0.05, 0.1) is 16.3 Å². The third kappa shape index (κ3) is 4.54. The summed E-state index contributed by atoms with van der Waals surface area (Å²) in [5.74, 6) is 0. The lowest BCUT2D eigenvalue weighted by Gasteiger charge is -2.15. The molecule has 2 N–H and O–H groups in total. The molecule has 0 spiro atoms. The van der Waals surface area contributed by atoms with Crippen molar-refractivity contribution in [1.29, 1.82) is 0 Å².